The van der Waals surface area contributed by atoms with Crippen molar-refractivity contribution in [3.05, 3.63) is 33.9 Å². The minimum absolute atomic E-state index is 0.0300. The molecule has 0 aromatic carbocycles. The highest BCUT2D eigenvalue weighted by Crippen LogP contribution is 2.32. The average Bonchev–Trinajstić information content (AvgIpc) is 3.15. The van der Waals surface area contributed by atoms with Crippen molar-refractivity contribution in [2.75, 3.05) is 24.6 Å². The molecule has 1 aliphatic rings. The first-order chi connectivity index (χ1) is 10.3. The second kappa shape index (κ2) is 5.32. The van der Waals surface area contributed by atoms with Gasteiger partial charge in [-0.25, -0.2) is 15.0 Å². The zero-order valence-corrected chi connectivity index (χ0v) is 13.2. The first kappa shape index (κ1) is 13.1. The van der Waals surface area contributed by atoms with E-state index in [1.807, 2.05) is 13.0 Å². The Hall–Kier alpha value is -1.57. The van der Waals surface area contributed by atoms with Crippen LogP contribution in [0.15, 0.2) is 23.2 Å². The molecule has 7 heteroatoms. The van der Waals surface area contributed by atoms with Crippen LogP contribution in [0.1, 0.15) is 16.8 Å². The lowest BCUT2D eigenvalue weighted by Gasteiger charge is -2.32. The molecule has 1 aliphatic heterocycles. The summed E-state index contributed by atoms with van der Waals surface area (Å²) in [6, 6.07) is 2.04. The Morgan fingerprint density at radius 3 is 3.14 bits per heavy atom. The van der Waals surface area contributed by atoms with Crippen molar-refractivity contribution >= 4 is 38.7 Å². The van der Waals surface area contributed by atoms with Gasteiger partial charge in [0.2, 0.25) is 0 Å². The maximum Gasteiger partial charge on any atom is 0.150 e. The lowest BCUT2D eigenvalue weighted by molar-refractivity contribution is 0.0394. The van der Waals surface area contributed by atoms with Crippen LogP contribution < -0.4 is 4.90 Å². The molecule has 0 radical (unpaired) electrons. The van der Waals surface area contributed by atoms with Crippen molar-refractivity contribution in [2.45, 2.75) is 13.0 Å². The van der Waals surface area contributed by atoms with Gasteiger partial charge in [-0.3, -0.25) is 0 Å². The molecule has 1 saturated heterocycles. The van der Waals surface area contributed by atoms with Crippen LogP contribution >= 0.6 is 22.7 Å². The van der Waals surface area contributed by atoms with E-state index in [1.54, 1.807) is 29.0 Å². The van der Waals surface area contributed by atoms with Crippen LogP contribution in [0.4, 0.5) is 5.82 Å². The Labute approximate surface area is 130 Å². The van der Waals surface area contributed by atoms with Crippen molar-refractivity contribution in [1.29, 1.82) is 0 Å². The van der Waals surface area contributed by atoms with E-state index in [-0.39, 0.29) is 6.10 Å². The molecule has 0 unspecified atom stereocenters. The SMILES string of the molecule is Cc1csc([C@@H]2CN(c3ncnc4ccsc34)CCO2)n1. The molecule has 1 fully saturated rings. The van der Waals surface area contributed by atoms with E-state index in [2.05, 4.69) is 30.6 Å². The standard InChI is InChI=1S/C14H14N4OS2/c1-9-7-21-14(17-9)11-6-18(3-4-19-11)13-12-10(2-5-20-12)15-8-16-13/h2,5,7-8,11H,3-4,6H2,1H3/t11-/m0/s1. The number of thiophene rings is 1. The molecule has 21 heavy (non-hydrogen) atoms. The fraction of sp³-hybridized carbons (Fsp3) is 0.357. The Kier molecular flexibility index (Phi) is 3.33. The van der Waals surface area contributed by atoms with Crippen LogP contribution in [-0.4, -0.2) is 34.6 Å². The highest BCUT2D eigenvalue weighted by molar-refractivity contribution is 7.17. The second-order valence-corrected chi connectivity index (χ2v) is 6.77. The van der Waals surface area contributed by atoms with Crippen molar-refractivity contribution in [2.24, 2.45) is 0 Å². The van der Waals surface area contributed by atoms with Gasteiger partial charge in [0.05, 0.1) is 23.4 Å². The molecular formula is C14H14N4OS2. The molecule has 0 amide bonds. The molecule has 3 aromatic heterocycles. The zero-order chi connectivity index (χ0) is 14.2. The van der Waals surface area contributed by atoms with Crippen LogP contribution in [0, 0.1) is 6.92 Å². The third-order valence-electron chi connectivity index (χ3n) is 3.50. The number of thiazole rings is 1. The highest BCUT2D eigenvalue weighted by atomic mass is 32.1. The molecule has 3 aromatic rings. The van der Waals surface area contributed by atoms with E-state index >= 15 is 0 Å². The normalized spacial score (nSPS) is 19.3. The Morgan fingerprint density at radius 2 is 2.29 bits per heavy atom. The predicted octanol–water partition coefficient (Wildman–Crippen LogP) is 3.03. The van der Waals surface area contributed by atoms with Crippen LogP contribution in [0.3, 0.4) is 0 Å². The van der Waals surface area contributed by atoms with Gasteiger partial charge in [0.25, 0.3) is 0 Å². The van der Waals surface area contributed by atoms with E-state index in [4.69, 9.17) is 4.74 Å². The lowest BCUT2D eigenvalue weighted by Crippen LogP contribution is -2.38. The van der Waals surface area contributed by atoms with Gasteiger partial charge in [0.1, 0.15) is 23.3 Å². The second-order valence-electron chi connectivity index (χ2n) is 4.96. The van der Waals surface area contributed by atoms with Crippen LogP contribution in [0.5, 0.6) is 0 Å². The van der Waals surface area contributed by atoms with E-state index < -0.39 is 0 Å². The maximum atomic E-state index is 5.89. The number of fused-ring (bicyclic) bond motifs is 1. The first-order valence-electron chi connectivity index (χ1n) is 6.78. The van der Waals surface area contributed by atoms with Gasteiger partial charge >= 0.3 is 0 Å². The number of hydrogen-bond donors (Lipinski definition) is 0. The molecule has 0 N–H and O–H groups in total. The summed E-state index contributed by atoms with van der Waals surface area (Å²) in [6.45, 7) is 4.35. The molecule has 4 rings (SSSR count). The molecule has 0 aliphatic carbocycles. The van der Waals surface area contributed by atoms with Gasteiger partial charge in [0.15, 0.2) is 0 Å². The quantitative estimate of drug-likeness (QED) is 0.727. The topological polar surface area (TPSA) is 51.1 Å². The number of hydrogen-bond acceptors (Lipinski definition) is 7. The highest BCUT2D eigenvalue weighted by Gasteiger charge is 2.26. The monoisotopic (exact) mass is 318 g/mol. The van der Waals surface area contributed by atoms with Gasteiger partial charge in [-0.05, 0) is 18.4 Å². The molecule has 0 spiro atoms. The van der Waals surface area contributed by atoms with Crippen LogP contribution in [0.25, 0.3) is 10.2 Å². The minimum Gasteiger partial charge on any atom is -0.367 e. The summed E-state index contributed by atoms with van der Waals surface area (Å²) in [6.07, 6.45) is 1.67. The molecule has 4 heterocycles. The number of aryl methyl sites for hydroxylation is 1. The number of ether oxygens (including phenoxy) is 1. The summed E-state index contributed by atoms with van der Waals surface area (Å²) >= 11 is 3.35. The first-order valence-corrected chi connectivity index (χ1v) is 8.54. The summed E-state index contributed by atoms with van der Waals surface area (Å²) in [5, 5.41) is 5.18. The van der Waals surface area contributed by atoms with E-state index in [0.717, 1.165) is 39.8 Å². The number of aromatic nitrogens is 3. The zero-order valence-electron chi connectivity index (χ0n) is 11.5. The molecule has 0 bridgehead atoms. The number of nitrogens with zero attached hydrogens (tertiary/aromatic N) is 4. The number of anilines is 1. The summed E-state index contributed by atoms with van der Waals surface area (Å²) < 4.78 is 7.04. The van der Waals surface area contributed by atoms with Gasteiger partial charge in [-0.1, -0.05) is 0 Å². The molecular weight excluding hydrogens is 304 g/mol. The van der Waals surface area contributed by atoms with Crippen molar-refractivity contribution in [3.8, 4) is 0 Å². The summed E-state index contributed by atoms with van der Waals surface area (Å²) in [5.41, 5.74) is 2.07. The van der Waals surface area contributed by atoms with Crippen molar-refractivity contribution in [3.63, 3.8) is 0 Å². The smallest absolute Gasteiger partial charge is 0.150 e. The third-order valence-corrected chi connectivity index (χ3v) is 5.46. The molecule has 108 valence electrons. The molecule has 5 nitrogen and oxygen atoms in total. The Bertz CT molecular complexity index is 769. The average molecular weight is 318 g/mol. The fourth-order valence-electron chi connectivity index (χ4n) is 2.51. The van der Waals surface area contributed by atoms with Gasteiger partial charge in [-0.2, -0.15) is 0 Å². The van der Waals surface area contributed by atoms with Crippen molar-refractivity contribution < 1.29 is 4.74 Å². The number of rotatable bonds is 2. The van der Waals surface area contributed by atoms with Gasteiger partial charge < -0.3 is 9.64 Å². The minimum atomic E-state index is 0.0300. The summed E-state index contributed by atoms with van der Waals surface area (Å²) in [4.78, 5) is 15.6. The lowest BCUT2D eigenvalue weighted by atomic mass is 10.2. The maximum absolute atomic E-state index is 5.89. The van der Waals surface area contributed by atoms with E-state index in [9.17, 15) is 0 Å². The summed E-state index contributed by atoms with van der Waals surface area (Å²) in [5.74, 6) is 1.01. The van der Waals surface area contributed by atoms with Crippen molar-refractivity contribution in [1.82, 2.24) is 15.0 Å². The van der Waals surface area contributed by atoms with Gasteiger partial charge in [-0.15, -0.1) is 22.7 Å². The summed E-state index contributed by atoms with van der Waals surface area (Å²) in [7, 11) is 0. The fourth-order valence-corrected chi connectivity index (χ4v) is 4.21. The van der Waals surface area contributed by atoms with E-state index in [1.165, 1.54) is 0 Å². The third kappa shape index (κ3) is 2.41. The molecule has 1 atom stereocenters. The number of morpholine rings is 1. The Balaban J connectivity index is 1.65. The van der Waals surface area contributed by atoms with E-state index in [0.29, 0.717) is 6.61 Å². The predicted molar refractivity (Wildman–Crippen MR) is 85.2 cm³/mol. The molecule has 0 saturated carbocycles. The van der Waals surface area contributed by atoms with Crippen LogP contribution in [-0.2, 0) is 4.74 Å². The van der Waals surface area contributed by atoms with Crippen LogP contribution in [0.2, 0.25) is 0 Å². The van der Waals surface area contributed by atoms with Gasteiger partial charge in [0, 0.05) is 17.6 Å². The largest absolute Gasteiger partial charge is 0.367 e. The Morgan fingerprint density at radius 1 is 1.33 bits per heavy atom.